The van der Waals surface area contributed by atoms with Gasteiger partial charge in [-0.3, -0.25) is 0 Å². The van der Waals surface area contributed by atoms with Crippen LogP contribution in [0.3, 0.4) is 0 Å². The molecule has 0 amide bonds. The minimum atomic E-state index is 0.623. The SMILES string of the molecule is Cc1cnnc(OCC2CCNC2)c1. The lowest BCUT2D eigenvalue weighted by molar-refractivity contribution is 0.248. The molecule has 1 unspecified atom stereocenters. The highest BCUT2D eigenvalue weighted by atomic mass is 16.5. The van der Waals surface area contributed by atoms with Crippen LogP contribution in [0.4, 0.5) is 0 Å². The first-order chi connectivity index (χ1) is 6.84. The van der Waals surface area contributed by atoms with Crippen molar-refractivity contribution in [2.45, 2.75) is 13.3 Å². The molecule has 0 bridgehead atoms. The lowest BCUT2D eigenvalue weighted by Gasteiger charge is -2.09. The van der Waals surface area contributed by atoms with Crippen molar-refractivity contribution in [1.82, 2.24) is 15.5 Å². The summed E-state index contributed by atoms with van der Waals surface area (Å²) >= 11 is 0. The first kappa shape index (κ1) is 9.40. The molecule has 0 aliphatic carbocycles. The maximum atomic E-state index is 5.56. The lowest BCUT2D eigenvalue weighted by atomic mass is 10.1. The third-order valence-electron chi connectivity index (χ3n) is 2.40. The van der Waals surface area contributed by atoms with Crippen LogP contribution in [0.5, 0.6) is 5.88 Å². The molecule has 1 aromatic heterocycles. The first-order valence-corrected chi connectivity index (χ1v) is 4.97. The molecule has 1 aliphatic rings. The van der Waals surface area contributed by atoms with Gasteiger partial charge in [-0.2, -0.15) is 5.10 Å². The van der Waals surface area contributed by atoms with Crippen molar-refractivity contribution in [1.29, 1.82) is 0 Å². The highest BCUT2D eigenvalue weighted by Crippen LogP contribution is 2.11. The number of aryl methyl sites for hydroxylation is 1. The molecule has 1 saturated heterocycles. The van der Waals surface area contributed by atoms with Crippen LogP contribution in [0, 0.1) is 12.8 Å². The molecule has 0 spiro atoms. The summed E-state index contributed by atoms with van der Waals surface area (Å²) in [7, 11) is 0. The number of nitrogens with one attached hydrogen (secondary N) is 1. The zero-order valence-corrected chi connectivity index (χ0v) is 8.36. The maximum absolute atomic E-state index is 5.56. The molecule has 1 aromatic rings. The van der Waals surface area contributed by atoms with E-state index in [4.69, 9.17) is 4.74 Å². The summed E-state index contributed by atoms with van der Waals surface area (Å²) in [6, 6.07) is 1.91. The van der Waals surface area contributed by atoms with E-state index in [0.29, 0.717) is 11.8 Å². The van der Waals surface area contributed by atoms with Crippen molar-refractivity contribution in [2.75, 3.05) is 19.7 Å². The van der Waals surface area contributed by atoms with Gasteiger partial charge in [0.15, 0.2) is 0 Å². The van der Waals surface area contributed by atoms with Gasteiger partial charge in [0.2, 0.25) is 5.88 Å². The first-order valence-electron chi connectivity index (χ1n) is 4.97. The number of ether oxygens (including phenoxy) is 1. The van der Waals surface area contributed by atoms with Crippen LogP contribution in [0.25, 0.3) is 0 Å². The Morgan fingerprint density at radius 3 is 3.29 bits per heavy atom. The molecule has 1 atom stereocenters. The van der Waals surface area contributed by atoms with Crippen molar-refractivity contribution >= 4 is 0 Å². The summed E-state index contributed by atoms with van der Waals surface area (Å²) in [5.74, 6) is 1.26. The predicted molar refractivity (Wildman–Crippen MR) is 53.2 cm³/mol. The molecular weight excluding hydrogens is 178 g/mol. The Bertz CT molecular complexity index is 297. The fourth-order valence-corrected chi connectivity index (χ4v) is 1.57. The van der Waals surface area contributed by atoms with E-state index < -0.39 is 0 Å². The number of nitrogens with zero attached hydrogens (tertiary/aromatic N) is 2. The fourth-order valence-electron chi connectivity index (χ4n) is 1.57. The molecule has 76 valence electrons. The van der Waals surface area contributed by atoms with Crippen LogP contribution in [-0.4, -0.2) is 29.9 Å². The second-order valence-electron chi connectivity index (χ2n) is 3.74. The second-order valence-corrected chi connectivity index (χ2v) is 3.74. The monoisotopic (exact) mass is 193 g/mol. The van der Waals surface area contributed by atoms with Gasteiger partial charge in [0.05, 0.1) is 12.8 Å². The summed E-state index contributed by atoms with van der Waals surface area (Å²) in [4.78, 5) is 0. The third-order valence-corrected chi connectivity index (χ3v) is 2.40. The van der Waals surface area contributed by atoms with E-state index in [0.717, 1.165) is 25.3 Å². The number of hydrogen-bond donors (Lipinski definition) is 1. The summed E-state index contributed by atoms with van der Waals surface area (Å²) in [5.41, 5.74) is 1.08. The quantitative estimate of drug-likeness (QED) is 0.770. The van der Waals surface area contributed by atoms with Gasteiger partial charge in [-0.15, -0.1) is 5.10 Å². The predicted octanol–water partition coefficient (Wildman–Crippen LogP) is 0.773. The van der Waals surface area contributed by atoms with Gasteiger partial charge >= 0.3 is 0 Å². The Hall–Kier alpha value is -1.16. The highest BCUT2D eigenvalue weighted by Gasteiger charge is 2.15. The van der Waals surface area contributed by atoms with E-state index in [1.54, 1.807) is 6.20 Å². The minimum absolute atomic E-state index is 0.623. The molecule has 1 aliphatic heterocycles. The fraction of sp³-hybridized carbons (Fsp3) is 0.600. The van der Waals surface area contributed by atoms with Gasteiger partial charge < -0.3 is 10.1 Å². The van der Waals surface area contributed by atoms with Crippen LogP contribution >= 0.6 is 0 Å². The largest absolute Gasteiger partial charge is 0.476 e. The van der Waals surface area contributed by atoms with E-state index in [2.05, 4.69) is 15.5 Å². The Morgan fingerprint density at radius 2 is 2.57 bits per heavy atom. The zero-order valence-electron chi connectivity index (χ0n) is 8.36. The van der Waals surface area contributed by atoms with E-state index in [1.165, 1.54) is 6.42 Å². The summed E-state index contributed by atoms with van der Waals surface area (Å²) in [6.07, 6.45) is 2.92. The summed E-state index contributed by atoms with van der Waals surface area (Å²) in [6.45, 7) is 4.89. The number of rotatable bonds is 3. The van der Waals surface area contributed by atoms with Crippen LogP contribution in [0.1, 0.15) is 12.0 Å². The van der Waals surface area contributed by atoms with Crippen molar-refractivity contribution < 1.29 is 4.74 Å². The molecule has 4 nitrogen and oxygen atoms in total. The van der Waals surface area contributed by atoms with Gasteiger partial charge in [0.25, 0.3) is 0 Å². The van der Waals surface area contributed by atoms with Crippen molar-refractivity contribution in [3.63, 3.8) is 0 Å². The van der Waals surface area contributed by atoms with E-state index in [-0.39, 0.29) is 0 Å². The second kappa shape index (κ2) is 4.37. The van der Waals surface area contributed by atoms with Gasteiger partial charge in [0.1, 0.15) is 0 Å². The topological polar surface area (TPSA) is 47.0 Å². The average molecular weight is 193 g/mol. The molecule has 14 heavy (non-hydrogen) atoms. The minimum Gasteiger partial charge on any atom is -0.476 e. The Labute approximate surface area is 83.7 Å². The molecule has 1 N–H and O–H groups in total. The molecule has 4 heteroatoms. The third kappa shape index (κ3) is 2.42. The normalized spacial score (nSPS) is 21.1. The van der Waals surface area contributed by atoms with Crippen LogP contribution in [0.15, 0.2) is 12.3 Å². The van der Waals surface area contributed by atoms with Crippen molar-refractivity contribution in [2.24, 2.45) is 5.92 Å². The van der Waals surface area contributed by atoms with Gasteiger partial charge in [-0.1, -0.05) is 0 Å². The van der Waals surface area contributed by atoms with Crippen molar-refractivity contribution in [3.8, 4) is 5.88 Å². The molecule has 0 saturated carbocycles. The molecule has 2 rings (SSSR count). The summed E-state index contributed by atoms with van der Waals surface area (Å²) < 4.78 is 5.56. The molecule has 2 heterocycles. The highest BCUT2D eigenvalue weighted by molar-refractivity contribution is 5.14. The molecular formula is C10H15N3O. The Morgan fingerprint density at radius 1 is 1.64 bits per heavy atom. The van der Waals surface area contributed by atoms with Crippen LogP contribution in [0.2, 0.25) is 0 Å². The number of aromatic nitrogens is 2. The smallest absolute Gasteiger partial charge is 0.233 e. The van der Waals surface area contributed by atoms with Crippen molar-refractivity contribution in [3.05, 3.63) is 17.8 Å². The average Bonchev–Trinajstić information content (AvgIpc) is 2.67. The molecule has 0 aromatic carbocycles. The molecule has 1 fully saturated rings. The maximum Gasteiger partial charge on any atom is 0.233 e. The standard InChI is InChI=1S/C10H15N3O/c1-8-4-10(13-12-5-8)14-7-9-2-3-11-6-9/h4-5,9,11H,2-3,6-7H2,1H3. The van der Waals surface area contributed by atoms with Crippen LogP contribution in [-0.2, 0) is 0 Å². The molecule has 0 radical (unpaired) electrons. The zero-order chi connectivity index (χ0) is 9.80. The Kier molecular flexibility index (Phi) is 2.93. The number of hydrogen-bond acceptors (Lipinski definition) is 4. The summed E-state index contributed by atoms with van der Waals surface area (Å²) in [5, 5.41) is 11.1. The van der Waals surface area contributed by atoms with E-state index in [9.17, 15) is 0 Å². The van der Waals surface area contributed by atoms with Crippen LogP contribution < -0.4 is 10.1 Å². The van der Waals surface area contributed by atoms with E-state index >= 15 is 0 Å². The Balaban J connectivity index is 1.85. The van der Waals surface area contributed by atoms with Gasteiger partial charge in [-0.05, 0) is 25.5 Å². The lowest BCUT2D eigenvalue weighted by Crippen LogP contribution is -2.16. The van der Waals surface area contributed by atoms with Gasteiger partial charge in [-0.25, -0.2) is 0 Å². The van der Waals surface area contributed by atoms with E-state index in [1.807, 2.05) is 13.0 Å². The van der Waals surface area contributed by atoms with Gasteiger partial charge in [0, 0.05) is 18.5 Å².